The SMILES string of the molecule is CNC(c1ccc(Br)c(F)c1)c1nc2c(s1)CCCC2. The van der Waals surface area contributed by atoms with Crippen LogP contribution in [0.3, 0.4) is 0 Å². The quantitative estimate of drug-likeness (QED) is 0.891. The number of benzene rings is 1. The third-order valence-corrected chi connectivity index (χ3v) is 5.54. The van der Waals surface area contributed by atoms with Crippen LogP contribution in [-0.2, 0) is 12.8 Å². The minimum atomic E-state index is -0.232. The second kappa shape index (κ2) is 5.92. The van der Waals surface area contributed by atoms with Gasteiger partial charge in [-0.25, -0.2) is 9.37 Å². The first-order valence-corrected chi connectivity index (χ1v) is 8.40. The zero-order valence-corrected chi connectivity index (χ0v) is 13.7. The molecule has 0 saturated carbocycles. The topological polar surface area (TPSA) is 24.9 Å². The molecule has 5 heteroatoms. The van der Waals surface area contributed by atoms with Gasteiger partial charge in [0.05, 0.1) is 16.2 Å². The maximum Gasteiger partial charge on any atom is 0.137 e. The smallest absolute Gasteiger partial charge is 0.137 e. The van der Waals surface area contributed by atoms with Crippen molar-refractivity contribution in [3.8, 4) is 0 Å². The summed E-state index contributed by atoms with van der Waals surface area (Å²) in [5.74, 6) is -0.232. The highest BCUT2D eigenvalue weighted by Crippen LogP contribution is 2.33. The first-order chi connectivity index (χ1) is 9.69. The van der Waals surface area contributed by atoms with Gasteiger partial charge < -0.3 is 5.32 Å². The first-order valence-electron chi connectivity index (χ1n) is 6.79. The predicted molar refractivity (Wildman–Crippen MR) is 83.8 cm³/mol. The standard InChI is InChI=1S/C15H16BrFN2S/c1-18-14(9-6-7-10(16)11(17)8-9)15-19-12-4-2-3-5-13(12)20-15/h6-8,14,18H,2-5H2,1H3. The van der Waals surface area contributed by atoms with Gasteiger partial charge in [0.2, 0.25) is 0 Å². The number of halogens is 2. The third kappa shape index (κ3) is 2.67. The number of nitrogens with one attached hydrogen (secondary N) is 1. The lowest BCUT2D eigenvalue weighted by Crippen LogP contribution is -2.17. The zero-order chi connectivity index (χ0) is 14.1. The number of aryl methyl sites for hydroxylation is 2. The highest BCUT2D eigenvalue weighted by atomic mass is 79.9. The van der Waals surface area contributed by atoms with Gasteiger partial charge in [0.15, 0.2) is 0 Å². The van der Waals surface area contributed by atoms with Crippen molar-refractivity contribution >= 4 is 27.3 Å². The molecule has 0 fully saturated rings. The Bertz CT molecular complexity index is 603. The third-order valence-electron chi connectivity index (χ3n) is 3.67. The molecule has 3 rings (SSSR count). The van der Waals surface area contributed by atoms with E-state index in [0.717, 1.165) is 23.4 Å². The van der Waals surface area contributed by atoms with E-state index in [4.69, 9.17) is 4.98 Å². The second-order valence-corrected chi connectivity index (χ2v) is 6.99. The van der Waals surface area contributed by atoms with Gasteiger partial charge in [-0.1, -0.05) is 6.07 Å². The van der Waals surface area contributed by atoms with Gasteiger partial charge in [-0.15, -0.1) is 11.3 Å². The van der Waals surface area contributed by atoms with Crippen molar-refractivity contribution in [3.63, 3.8) is 0 Å². The summed E-state index contributed by atoms with van der Waals surface area (Å²) in [6, 6.07) is 5.23. The molecule has 106 valence electrons. The fraction of sp³-hybridized carbons (Fsp3) is 0.400. The average Bonchev–Trinajstić information content (AvgIpc) is 2.87. The van der Waals surface area contributed by atoms with Crippen molar-refractivity contribution in [3.05, 3.63) is 49.6 Å². The molecule has 20 heavy (non-hydrogen) atoms. The lowest BCUT2D eigenvalue weighted by molar-refractivity contribution is 0.609. The molecule has 1 aliphatic carbocycles. The lowest BCUT2D eigenvalue weighted by atomic mass is 10.0. The zero-order valence-electron chi connectivity index (χ0n) is 11.2. The van der Waals surface area contributed by atoms with Gasteiger partial charge in [-0.2, -0.15) is 0 Å². The maximum absolute atomic E-state index is 13.7. The fourth-order valence-electron chi connectivity index (χ4n) is 2.62. The number of hydrogen-bond donors (Lipinski definition) is 1. The second-order valence-electron chi connectivity index (χ2n) is 5.02. The van der Waals surface area contributed by atoms with Crippen LogP contribution in [0.1, 0.15) is 40.0 Å². The molecule has 2 nitrogen and oxygen atoms in total. The Labute approximate surface area is 130 Å². The Morgan fingerprint density at radius 2 is 2.15 bits per heavy atom. The molecule has 1 aliphatic rings. The average molecular weight is 355 g/mol. The molecule has 0 aliphatic heterocycles. The minimum absolute atomic E-state index is 0.0341. The molecule has 2 aromatic rings. The van der Waals surface area contributed by atoms with Gasteiger partial charge in [0, 0.05) is 4.88 Å². The monoisotopic (exact) mass is 354 g/mol. The summed E-state index contributed by atoms with van der Waals surface area (Å²) >= 11 is 4.96. The highest BCUT2D eigenvalue weighted by Gasteiger charge is 2.21. The summed E-state index contributed by atoms with van der Waals surface area (Å²) < 4.78 is 14.2. The van der Waals surface area contributed by atoms with Crippen LogP contribution in [-0.4, -0.2) is 12.0 Å². The van der Waals surface area contributed by atoms with Crippen LogP contribution in [0.4, 0.5) is 4.39 Å². The van der Waals surface area contributed by atoms with Crippen LogP contribution in [0.2, 0.25) is 0 Å². The molecular weight excluding hydrogens is 339 g/mol. The van der Waals surface area contributed by atoms with E-state index in [1.165, 1.54) is 23.4 Å². The normalized spacial score (nSPS) is 15.9. The van der Waals surface area contributed by atoms with E-state index in [-0.39, 0.29) is 11.9 Å². The van der Waals surface area contributed by atoms with E-state index in [2.05, 4.69) is 21.2 Å². The Hall–Kier alpha value is -0.780. The van der Waals surface area contributed by atoms with Crippen molar-refractivity contribution in [1.29, 1.82) is 0 Å². The van der Waals surface area contributed by atoms with Crippen LogP contribution in [0, 0.1) is 5.82 Å². The molecule has 1 aromatic heterocycles. The summed E-state index contributed by atoms with van der Waals surface area (Å²) in [7, 11) is 1.89. The Morgan fingerprint density at radius 1 is 1.35 bits per heavy atom. The Balaban J connectivity index is 1.96. The molecule has 0 saturated heterocycles. The van der Waals surface area contributed by atoms with E-state index in [1.54, 1.807) is 23.5 Å². The number of nitrogens with zero attached hydrogens (tertiary/aromatic N) is 1. The first kappa shape index (κ1) is 14.2. The van der Waals surface area contributed by atoms with E-state index in [9.17, 15) is 4.39 Å². The maximum atomic E-state index is 13.7. The molecule has 0 spiro atoms. The van der Waals surface area contributed by atoms with Crippen LogP contribution in [0.15, 0.2) is 22.7 Å². The van der Waals surface area contributed by atoms with Crippen molar-refractivity contribution < 1.29 is 4.39 Å². The predicted octanol–water partition coefficient (Wildman–Crippen LogP) is 4.23. The van der Waals surface area contributed by atoms with Gasteiger partial charge >= 0.3 is 0 Å². The van der Waals surface area contributed by atoms with E-state index in [1.807, 2.05) is 13.1 Å². The van der Waals surface area contributed by atoms with Crippen molar-refractivity contribution in [1.82, 2.24) is 10.3 Å². The number of hydrogen-bond acceptors (Lipinski definition) is 3. The molecule has 0 amide bonds. The molecule has 1 atom stereocenters. The van der Waals surface area contributed by atoms with E-state index >= 15 is 0 Å². The molecule has 1 N–H and O–H groups in total. The van der Waals surface area contributed by atoms with Crippen molar-refractivity contribution in [2.75, 3.05) is 7.05 Å². The summed E-state index contributed by atoms with van der Waals surface area (Å²) in [4.78, 5) is 6.18. The van der Waals surface area contributed by atoms with Crippen LogP contribution < -0.4 is 5.32 Å². The summed E-state index contributed by atoms with van der Waals surface area (Å²) in [5.41, 5.74) is 2.16. The minimum Gasteiger partial charge on any atom is -0.307 e. The number of aromatic nitrogens is 1. The molecular formula is C15H16BrFN2S. The van der Waals surface area contributed by atoms with Crippen LogP contribution >= 0.6 is 27.3 Å². The van der Waals surface area contributed by atoms with Crippen molar-refractivity contribution in [2.45, 2.75) is 31.7 Å². The summed E-state index contributed by atoms with van der Waals surface area (Å²) in [6.45, 7) is 0. The van der Waals surface area contributed by atoms with Crippen LogP contribution in [0.25, 0.3) is 0 Å². The van der Waals surface area contributed by atoms with Gasteiger partial charge in [0.25, 0.3) is 0 Å². The van der Waals surface area contributed by atoms with Crippen molar-refractivity contribution in [2.24, 2.45) is 0 Å². The fourth-order valence-corrected chi connectivity index (χ4v) is 4.16. The van der Waals surface area contributed by atoms with Gasteiger partial charge in [0.1, 0.15) is 10.8 Å². The Morgan fingerprint density at radius 3 is 2.85 bits per heavy atom. The molecule has 0 bridgehead atoms. The molecule has 0 radical (unpaired) electrons. The Kier molecular flexibility index (Phi) is 4.19. The number of thiazole rings is 1. The number of rotatable bonds is 3. The van der Waals surface area contributed by atoms with E-state index in [0.29, 0.717) is 4.47 Å². The van der Waals surface area contributed by atoms with Gasteiger partial charge in [-0.3, -0.25) is 0 Å². The lowest BCUT2D eigenvalue weighted by Gasteiger charge is -2.14. The summed E-state index contributed by atoms with van der Waals surface area (Å²) in [5, 5.41) is 4.30. The highest BCUT2D eigenvalue weighted by molar-refractivity contribution is 9.10. The van der Waals surface area contributed by atoms with Gasteiger partial charge in [-0.05, 0) is 66.4 Å². The number of fused-ring (bicyclic) bond motifs is 1. The molecule has 1 heterocycles. The largest absolute Gasteiger partial charge is 0.307 e. The molecule has 1 unspecified atom stereocenters. The summed E-state index contributed by atoms with van der Waals surface area (Å²) in [6.07, 6.45) is 4.70. The molecule has 1 aromatic carbocycles. The van der Waals surface area contributed by atoms with E-state index < -0.39 is 0 Å². The van der Waals surface area contributed by atoms with Crippen LogP contribution in [0.5, 0.6) is 0 Å².